The van der Waals surface area contributed by atoms with Crippen LogP contribution in [0.15, 0.2) is 45.7 Å². The molecule has 9 heteroatoms. The Morgan fingerprint density at radius 2 is 1.97 bits per heavy atom. The van der Waals surface area contributed by atoms with Crippen LogP contribution in [0.2, 0.25) is 5.02 Å². The molecule has 0 aliphatic rings. The average Bonchev–Trinajstić information content (AvgIpc) is 3.08. The quantitative estimate of drug-likeness (QED) is 0.341. The van der Waals surface area contributed by atoms with Gasteiger partial charge in [0.2, 0.25) is 5.95 Å². The zero-order valence-electron chi connectivity index (χ0n) is 16.8. The number of oxazole rings is 1. The van der Waals surface area contributed by atoms with Gasteiger partial charge < -0.3 is 20.4 Å². The van der Waals surface area contributed by atoms with Gasteiger partial charge in [-0.15, -0.1) is 0 Å². The van der Waals surface area contributed by atoms with Gasteiger partial charge in [-0.3, -0.25) is 4.98 Å². The average molecular weight is 425 g/mol. The van der Waals surface area contributed by atoms with Gasteiger partial charge in [0, 0.05) is 23.6 Å². The van der Waals surface area contributed by atoms with Crippen molar-refractivity contribution in [2.45, 2.75) is 20.8 Å². The van der Waals surface area contributed by atoms with Crippen LogP contribution in [0, 0.1) is 13.8 Å². The number of fused-ring (bicyclic) bond motifs is 1. The minimum Gasteiger partial charge on any atom is -0.408 e. The van der Waals surface area contributed by atoms with Gasteiger partial charge in [0.15, 0.2) is 11.4 Å². The molecule has 0 atom stereocenters. The summed E-state index contributed by atoms with van der Waals surface area (Å²) in [6.45, 7) is 7.04. The number of anilines is 5. The van der Waals surface area contributed by atoms with Gasteiger partial charge in [0.1, 0.15) is 5.02 Å². The van der Waals surface area contributed by atoms with Crippen LogP contribution in [0.4, 0.5) is 28.8 Å². The van der Waals surface area contributed by atoms with Gasteiger partial charge in [-0.1, -0.05) is 11.6 Å². The Hall–Kier alpha value is -3.52. The molecular weight excluding hydrogens is 404 g/mol. The number of H-pyrrole nitrogens is 1. The molecule has 0 bridgehead atoms. The SMILES string of the molecule is CCNc1cc(Nc2ncc(Cl)c(Nc3ccc4oc(=O)[nH]c4c3)n2)cc(C)c1C. The lowest BCUT2D eigenvalue weighted by Crippen LogP contribution is -2.04. The summed E-state index contributed by atoms with van der Waals surface area (Å²) in [5, 5.41) is 10.1. The molecule has 4 aromatic rings. The number of rotatable bonds is 6. The second-order valence-electron chi connectivity index (χ2n) is 6.86. The van der Waals surface area contributed by atoms with Crippen molar-refractivity contribution in [3.63, 3.8) is 0 Å². The lowest BCUT2D eigenvalue weighted by Gasteiger charge is -2.14. The van der Waals surface area contributed by atoms with E-state index < -0.39 is 5.76 Å². The largest absolute Gasteiger partial charge is 0.417 e. The van der Waals surface area contributed by atoms with Gasteiger partial charge in [-0.05, 0) is 62.2 Å². The smallest absolute Gasteiger partial charge is 0.408 e. The summed E-state index contributed by atoms with van der Waals surface area (Å²) in [5.41, 5.74) is 6.06. The molecule has 8 nitrogen and oxygen atoms in total. The first-order valence-electron chi connectivity index (χ1n) is 9.47. The number of aromatic amines is 1. The normalized spacial score (nSPS) is 10.9. The third-order valence-corrected chi connectivity index (χ3v) is 4.99. The number of benzene rings is 2. The molecule has 4 N–H and O–H groups in total. The number of hydrogen-bond donors (Lipinski definition) is 4. The first kappa shape index (κ1) is 19.8. The molecule has 0 radical (unpaired) electrons. The van der Waals surface area contributed by atoms with Crippen molar-refractivity contribution in [3.8, 4) is 0 Å². The lowest BCUT2D eigenvalue weighted by molar-refractivity contribution is 0.555. The van der Waals surface area contributed by atoms with E-state index in [1.807, 2.05) is 12.1 Å². The maximum atomic E-state index is 11.3. The third kappa shape index (κ3) is 4.08. The van der Waals surface area contributed by atoms with Crippen molar-refractivity contribution < 1.29 is 4.42 Å². The van der Waals surface area contributed by atoms with Crippen molar-refractivity contribution >= 4 is 51.5 Å². The minimum atomic E-state index is -0.501. The molecule has 154 valence electrons. The summed E-state index contributed by atoms with van der Waals surface area (Å²) < 4.78 is 5.02. The predicted octanol–water partition coefficient (Wildman–Crippen LogP) is 5.10. The Bertz CT molecular complexity index is 1280. The molecule has 30 heavy (non-hydrogen) atoms. The van der Waals surface area contributed by atoms with E-state index >= 15 is 0 Å². The summed E-state index contributed by atoms with van der Waals surface area (Å²) >= 11 is 6.28. The highest BCUT2D eigenvalue weighted by molar-refractivity contribution is 6.32. The molecule has 2 aromatic heterocycles. The van der Waals surface area contributed by atoms with Gasteiger partial charge in [0.25, 0.3) is 0 Å². The van der Waals surface area contributed by atoms with Crippen LogP contribution in [0.5, 0.6) is 0 Å². The van der Waals surface area contributed by atoms with E-state index in [9.17, 15) is 4.79 Å². The van der Waals surface area contributed by atoms with E-state index in [0.717, 1.165) is 23.5 Å². The van der Waals surface area contributed by atoms with Crippen LogP contribution >= 0.6 is 11.6 Å². The number of nitrogens with one attached hydrogen (secondary N) is 4. The molecule has 0 spiro atoms. The summed E-state index contributed by atoms with van der Waals surface area (Å²) in [7, 11) is 0. The van der Waals surface area contributed by atoms with Crippen LogP contribution in [-0.4, -0.2) is 21.5 Å². The number of nitrogens with zero attached hydrogens (tertiary/aromatic N) is 2. The highest BCUT2D eigenvalue weighted by Gasteiger charge is 2.10. The number of hydrogen-bond acceptors (Lipinski definition) is 7. The number of halogens is 1. The molecule has 2 heterocycles. The van der Waals surface area contributed by atoms with Gasteiger partial charge in [-0.25, -0.2) is 9.78 Å². The van der Waals surface area contributed by atoms with Crippen molar-refractivity contribution in [2.24, 2.45) is 0 Å². The Balaban J connectivity index is 1.60. The molecule has 0 unspecified atom stereocenters. The van der Waals surface area contributed by atoms with Gasteiger partial charge in [-0.2, -0.15) is 4.98 Å². The van der Waals surface area contributed by atoms with Crippen LogP contribution in [0.25, 0.3) is 11.1 Å². The van der Waals surface area contributed by atoms with Crippen molar-refractivity contribution in [3.05, 3.63) is 63.2 Å². The fourth-order valence-corrected chi connectivity index (χ4v) is 3.25. The standard InChI is InChI=1S/C21H21ClN6O2/c1-4-23-16-9-14(7-11(2)12(16)3)26-20-24-10-15(22)19(28-20)25-13-5-6-18-17(8-13)27-21(29)30-18/h5-10,23H,4H2,1-3H3,(H,27,29)(H2,24,25,26,28). The van der Waals surface area contributed by atoms with E-state index in [0.29, 0.717) is 33.6 Å². The molecule has 0 aliphatic carbocycles. The second-order valence-corrected chi connectivity index (χ2v) is 7.27. The van der Waals surface area contributed by atoms with Crippen LogP contribution < -0.4 is 21.7 Å². The topological polar surface area (TPSA) is 108 Å². The van der Waals surface area contributed by atoms with E-state index in [4.69, 9.17) is 16.0 Å². The zero-order valence-corrected chi connectivity index (χ0v) is 17.5. The first-order valence-corrected chi connectivity index (χ1v) is 9.85. The van der Waals surface area contributed by atoms with Crippen molar-refractivity contribution in [1.29, 1.82) is 0 Å². The van der Waals surface area contributed by atoms with Crippen molar-refractivity contribution in [2.75, 3.05) is 22.5 Å². The van der Waals surface area contributed by atoms with E-state index in [1.165, 1.54) is 11.8 Å². The summed E-state index contributed by atoms with van der Waals surface area (Å²) in [6.07, 6.45) is 1.53. The highest BCUT2D eigenvalue weighted by atomic mass is 35.5. The fourth-order valence-electron chi connectivity index (χ4n) is 3.12. The molecular formula is C21H21ClN6O2. The van der Waals surface area contributed by atoms with E-state index in [1.54, 1.807) is 18.2 Å². The maximum Gasteiger partial charge on any atom is 0.417 e. The number of aromatic nitrogens is 3. The lowest BCUT2D eigenvalue weighted by atomic mass is 10.1. The van der Waals surface area contributed by atoms with Crippen molar-refractivity contribution in [1.82, 2.24) is 15.0 Å². The van der Waals surface area contributed by atoms with E-state index in [-0.39, 0.29) is 0 Å². The predicted molar refractivity (Wildman–Crippen MR) is 121 cm³/mol. The Labute approximate surface area is 177 Å². The van der Waals surface area contributed by atoms with Crippen LogP contribution in [0.3, 0.4) is 0 Å². The molecule has 0 fully saturated rings. The van der Waals surface area contributed by atoms with Crippen LogP contribution in [0.1, 0.15) is 18.1 Å². The van der Waals surface area contributed by atoms with Gasteiger partial charge in [0.05, 0.1) is 11.7 Å². The van der Waals surface area contributed by atoms with Crippen LogP contribution in [-0.2, 0) is 0 Å². The molecule has 2 aromatic carbocycles. The second kappa shape index (κ2) is 8.08. The summed E-state index contributed by atoms with van der Waals surface area (Å²) in [6, 6.07) is 9.29. The molecule has 4 rings (SSSR count). The zero-order chi connectivity index (χ0) is 21.3. The summed E-state index contributed by atoms with van der Waals surface area (Å²) in [5.74, 6) is 0.347. The Morgan fingerprint density at radius 3 is 2.77 bits per heavy atom. The monoisotopic (exact) mass is 424 g/mol. The fraction of sp³-hybridized carbons (Fsp3) is 0.190. The Kier molecular flexibility index (Phi) is 5.33. The van der Waals surface area contributed by atoms with Gasteiger partial charge >= 0.3 is 5.76 Å². The molecule has 0 saturated heterocycles. The van der Waals surface area contributed by atoms with E-state index in [2.05, 4.69) is 51.7 Å². The first-order chi connectivity index (χ1) is 14.4. The molecule has 0 saturated carbocycles. The molecule has 0 amide bonds. The Morgan fingerprint density at radius 1 is 1.13 bits per heavy atom. The number of aryl methyl sites for hydroxylation is 1. The highest BCUT2D eigenvalue weighted by Crippen LogP contribution is 2.28. The molecule has 0 aliphatic heterocycles. The summed E-state index contributed by atoms with van der Waals surface area (Å²) in [4.78, 5) is 22.7. The minimum absolute atomic E-state index is 0.370. The maximum absolute atomic E-state index is 11.3. The third-order valence-electron chi connectivity index (χ3n) is 4.72.